The molecule has 0 aromatic heterocycles. The predicted octanol–water partition coefficient (Wildman–Crippen LogP) is 4.91. The fourth-order valence-electron chi connectivity index (χ4n) is 4.44. The summed E-state index contributed by atoms with van der Waals surface area (Å²) < 4.78 is 6.21. The molecular formula is C27H36N2O4. The van der Waals surface area contributed by atoms with Crippen molar-refractivity contribution in [3.8, 4) is 0 Å². The Balaban J connectivity index is 1.57. The van der Waals surface area contributed by atoms with E-state index in [0.717, 1.165) is 50.1 Å². The van der Waals surface area contributed by atoms with Gasteiger partial charge in [0.05, 0.1) is 6.10 Å². The van der Waals surface area contributed by atoms with Gasteiger partial charge in [0.15, 0.2) is 0 Å². The Morgan fingerprint density at radius 1 is 1.03 bits per heavy atom. The number of ether oxygens (including phenoxy) is 1. The molecular weight excluding hydrogens is 416 g/mol. The highest BCUT2D eigenvalue weighted by atomic mass is 16.5. The van der Waals surface area contributed by atoms with Crippen molar-refractivity contribution < 1.29 is 19.4 Å². The number of carbonyl (C=O) groups excluding carboxylic acids is 1. The van der Waals surface area contributed by atoms with Gasteiger partial charge in [0.2, 0.25) is 5.91 Å². The van der Waals surface area contributed by atoms with Crippen LogP contribution in [0.5, 0.6) is 0 Å². The van der Waals surface area contributed by atoms with Crippen molar-refractivity contribution in [1.29, 1.82) is 0 Å². The molecule has 0 radical (unpaired) electrons. The first-order valence-electron chi connectivity index (χ1n) is 12.1. The Morgan fingerprint density at radius 3 is 2.27 bits per heavy atom. The van der Waals surface area contributed by atoms with Gasteiger partial charge in [-0.05, 0) is 43.4 Å². The first-order valence-corrected chi connectivity index (χ1v) is 12.1. The molecule has 1 N–H and O–H groups in total. The summed E-state index contributed by atoms with van der Waals surface area (Å²) in [6.07, 6.45) is 3.87. The van der Waals surface area contributed by atoms with Crippen LogP contribution in [-0.4, -0.2) is 54.2 Å². The third-order valence-electron chi connectivity index (χ3n) is 6.23. The molecule has 6 nitrogen and oxygen atoms in total. The molecule has 2 aromatic rings. The molecule has 1 heterocycles. The Bertz CT molecular complexity index is 851. The summed E-state index contributed by atoms with van der Waals surface area (Å²) in [6.45, 7) is 5.10. The van der Waals surface area contributed by atoms with Crippen molar-refractivity contribution in [2.24, 2.45) is 0 Å². The second-order valence-corrected chi connectivity index (χ2v) is 8.61. The molecule has 6 heteroatoms. The summed E-state index contributed by atoms with van der Waals surface area (Å²) in [5, 5.41) is 8.83. The molecule has 1 unspecified atom stereocenters. The lowest BCUT2D eigenvalue weighted by atomic mass is 10.0. The van der Waals surface area contributed by atoms with Crippen LogP contribution in [0.15, 0.2) is 60.7 Å². The Morgan fingerprint density at radius 2 is 1.67 bits per heavy atom. The molecule has 2 aromatic carbocycles. The largest absolute Gasteiger partial charge is 0.481 e. The molecule has 1 aliphatic rings. The smallest absolute Gasteiger partial charge is 0.303 e. The lowest BCUT2D eigenvalue weighted by Gasteiger charge is -2.39. The van der Waals surface area contributed by atoms with Crippen molar-refractivity contribution in [3.05, 3.63) is 66.2 Å². The van der Waals surface area contributed by atoms with Crippen LogP contribution < -0.4 is 4.90 Å². The van der Waals surface area contributed by atoms with E-state index in [2.05, 4.69) is 17.0 Å². The number of hydrogen-bond acceptors (Lipinski definition) is 4. The molecule has 3 rings (SSSR count). The summed E-state index contributed by atoms with van der Waals surface area (Å²) in [6, 6.07) is 20.4. The van der Waals surface area contributed by atoms with Crippen LogP contribution in [0.3, 0.4) is 0 Å². The monoisotopic (exact) mass is 452 g/mol. The van der Waals surface area contributed by atoms with Crippen LogP contribution in [0.4, 0.5) is 5.69 Å². The lowest BCUT2D eigenvalue weighted by Crippen LogP contribution is -2.48. The van der Waals surface area contributed by atoms with E-state index < -0.39 is 5.97 Å². The molecule has 1 atom stereocenters. The summed E-state index contributed by atoms with van der Waals surface area (Å²) >= 11 is 0. The number of nitrogens with zero attached hydrogens (tertiary/aromatic N) is 2. The fourth-order valence-corrected chi connectivity index (χ4v) is 4.44. The first kappa shape index (κ1) is 24.9. The SMILES string of the molecule is CCC(=O)N(c1ccccc1)C1CCN(CC(OCCCCC(=O)O)c2ccccc2)CC1. The van der Waals surface area contributed by atoms with E-state index in [4.69, 9.17) is 9.84 Å². The van der Waals surface area contributed by atoms with Gasteiger partial charge in [-0.15, -0.1) is 0 Å². The van der Waals surface area contributed by atoms with Crippen molar-refractivity contribution in [2.75, 3.05) is 31.1 Å². The van der Waals surface area contributed by atoms with Gasteiger partial charge in [-0.3, -0.25) is 9.59 Å². The standard InChI is InChI=1S/C27H36N2O4/c1-2-26(30)29(23-13-7-4-8-14-23)24-16-18-28(19-17-24)21-25(22-11-5-3-6-12-22)33-20-10-9-15-27(31)32/h3-8,11-14,24-25H,2,9-10,15-21H2,1H3,(H,31,32). The zero-order chi connectivity index (χ0) is 23.5. The summed E-state index contributed by atoms with van der Waals surface area (Å²) in [7, 11) is 0. The molecule has 0 saturated carbocycles. The van der Waals surface area contributed by atoms with E-state index in [-0.39, 0.29) is 24.5 Å². The van der Waals surface area contributed by atoms with Crippen LogP contribution in [0.25, 0.3) is 0 Å². The molecule has 1 aliphatic heterocycles. The van der Waals surface area contributed by atoms with Gasteiger partial charge in [0.25, 0.3) is 0 Å². The van der Waals surface area contributed by atoms with Gasteiger partial charge < -0.3 is 19.6 Å². The second-order valence-electron chi connectivity index (χ2n) is 8.61. The molecule has 0 spiro atoms. The maximum atomic E-state index is 12.7. The molecule has 1 amide bonds. The Hall–Kier alpha value is -2.70. The third kappa shape index (κ3) is 7.69. The van der Waals surface area contributed by atoms with Crippen LogP contribution in [0.2, 0.25) is 0 Å². The molecule has 1 saturated heterocycles. The minimum atomic E-state index is -0.761. The summed E-state index contributed by atoms with van der Waals surface area (Å²) in [4.78, 5) is 27.9. The normalized spacial score (nSPS) is 15.8. The first-order chi connectivity index (χ1) is 16.1. The van der Waals surface area contributed by atoms with Crippen molar-refractivity contribution in [1.82, 2.24) is 4.90 Å². The highest BCUT2D eigenvalue weighted by Crippen LogP contribution is 2.27. The minimum Gasteiger partial charge on any atom is -0.481 e. The number of aliphatic carboxylic acids is 1. The van der Waals surface area contributed by atoms with Gasteiger partial charge in [-0.2, -0.15) is 0 Å². The van der Waals surface area contributed by atoms with E-state index in [1.807, 2.05) is 60.4 Å². The fraction of sp³-hybridized carbons (Fsp3) is 0.481. The maximum Gasteiger partial charge on any atom is 0.303 e. The van der Waals surface area contributed by atoms with E-state index >= 15 is 0 Å². The predicted molar refractivity (Wildman–Crippen MR) is 130 cm³/mol. The number of carboxylic acids is 1. The van der Waals surface area contributed by atoms with Crippen LogP contribution in [-0.2, 0) is 14.3 Å². The lowest BCUT2D eigenvalue weighted by molar-refractivity contribution is -0.137. The average molecular weight is 453 g/mol. The number of amides is 1. The van der Waals surface area contributed by atoms with Crippen LogP contribution in [0, 0.1) is 0 Å². The Labute approximate surface area is 197 Å². The summed E-state index contributed by atoms with van der Waals surface area (Å²) in [5.41, 5.74) is 2.12. The van der Waals surface area contributed by atoms with Crippen molar-refractivity contribution in [2.45, 2.75) is 57.6 Å². The van der Waals surface area contributed by atoms with E-state index in [1.54, 1.807) is 0 Å². The number of piperidine rings is 1. The van der Waals surface area contributed by atoms with Crippen molar-refractivity contribution >= 4 is 17.6 Å². The zero-order valence-corrected chi connectivity index (χ0v) is 19.6. The quantitative estimate of drug-likeness (QED) is 0.464. The van der Waals surface area contributed by atoms with Crippen LogP contribution >= 0.6 is 0 Å². The highest BCUT2D eigenvalue weighted by Gasteiger charge is 2.29. The molecule has 0 aliphatic carbocycles. The number of carboxylic acid groups (broad SMARTS) is 1. The molecule has 1 fully saturated rings. The maximum absolute atomic E-state index is 12.7. The minimum absolute atomic E-state index is 0.0462. The summed E-state index contributed by atoms with van der Waals surface area (Å²) in [5.74, 6) is -0.588. The number of unbranched alkanes of at least 4 members (excludes halogenated alkanes) is 1. The molecule has 178 valence electrons. The number of likely N-dealkylation sites (tertiary alicyclic amines) is 1. The van der Waals surface area contributed by atoms with Crippen LogP contribution in [0.1, 0.15) is 57.1 Å². The Kier molecular flexibility index (Phi) is 9.91. The number of anilines is 1. The van der Waals surface area contributed by atoms with Crippen molar-refractivity contribution in [3.63, 3.8) is 0 Å². The average Bonchev–Trinajstić information content (AvgIpc) is 2.85. The molecule has 0 bridgehead atoms. The van der Waals surface area contributed by atoms with Gasteiger partial charge in [0.1, 0.15) is 0 Å². The zero-order valence-electron chi connectivity index (χ0n) is 19.6. The number of para-hydroxylation sites is 1. The number of rotatable bonds is 12. The number of hydrogen-bond donors (Lipinski definition) is 1. The van der Waals surface area contributed by atoms with E-state index in [9.17, 15) is 9.59 Å². The number of benzene rings is 2. The van der Waals surface area contributed by atoms with Gasteiger partial charge in [-0.1, -0.05) is 55.5 Å². The third-order valence-corrected chi connectivity index (χ3v) is 6.23. The second kappa shape index (κ2) is 13.1. The van der Waals surface area contributed by atoms with Gasteiger partial charge >= 0.3 is 5.97 Å². The van der Waals surface area contributed by atoms with E-state index in [0.29, 0.717) is 19.4 Å². The highest BCUT2D eigenvalue weighted by molar-refractivity contribution is 5.93. The van der Waals surface area contributed by atoms with Gasteiger partial charge in [0, 0.05) is 50.8 Å². The molecule has 33 heavy (non-hydrogen) atoms. The number of carbonyl (C=O) groups is 2. The van der Waals surface area contributed by atoms with E-state index in [1.165, 1.54) is 0 Å². The van der Waals surface area contributed by atoms with Gasteiger partial charge in [-0.25, -0.2) is 0 Å². The topological polar surface area (TPSA) is 70.1 Å².